The number of hydrogen-bond donors (Lipinski definition) is 0. The second-order valence-corrected chi connectivity index (χ2v) is 4.66. The minimum absolute atomic E-state index is 0.882. The molecular formula is C15H17N3. The fraction of sp³-hybridized carbons (Fsp3) is 0.267. The van der Waals surface area contributed by atoms with Gasteiger partial charge in [0.1, 0.15) is 0 Å². The molecule has 0 saturated carbocycles. The zero-order valence-electron chi connectivity index (χ0n) is 10.8. The third-order valence-electron chi connectivity index (χ3n) is 3.40. The molecule has 3 rings (SSSR count). The number of nitrogens with zero attached hydrogens (tertiary/aromatic N) is 3. The number of hydrogen-bond acceptors (Lipinski definition) is 1. The van der Waals surface area contributed by atoms with Gasteiger partial charge in [-0.2, -0.15) is 5.10 Å². The standard InChI is InChI=1S/C15H17N3/c1-3-18-11-13(9-16-18)10-17-8-7-14-12(2)5-4-6-15(14)17/h4-9,11H,3,10H2,1-2H3. The summed E-state index contributed by atoms with van der Waals surface area (Å²) in [4.78, 5) is 0. The minimum atomic E-state index is 0.882. The first-order valence-corrected chi connectivity index (χ1v) is 6.33. The lowest BCUT2D eigenvalue weighted by Gasteiger charge is -2.04. The summed E-state index contributed by atoms with van der Waals surface area (Å²) in [6.45, 7) is 6.06. The summed E-state index contributed by atoms with van der Waals surface area (Å²) < 4.78 is 4.24. The van der Waals surface area contributed by atoms with Crippen LogP contribution >= 0.6 is 0 Å². The number of fused-ring (bicyclic) bond motifs is 1. The lowest BCUT2D eigenvalue weighted by molar-refractivity contribution is 0.658. The van der Waals surface area contributed by atoms with E-state index in [1.54, 1.807) is 0 Å². The van der Waals surface area contributed by atoms with Crippen LogP contribution in [0.4, 0.5) is 0 Å². The molecule has 0 aliphatic rings. The van der Waals surface area contributed by atoms with Crippen molar-refractivity contribution in [3.05, 3.63) is 54.0 Å². The number of benzene rings is 1. The van der Waals surface area contributed by atoms with Crippen LogP contribution in [0.15, 0.2) is 42.9 Å². The third kappa shape index (κ3) is 1.82. The van der Waals surface area contributed by atoms with Gasteiger partial charge < -0.3 is 4.57 Å². The summed E-state index contributed by atoms with van der Waals surface area (Å²) in [5.41, 5.74) is 3.87. The molecule has 92 valence electrons. The molecular weight excluding hydrogens is 222 g/mol. The third-order valence-corrected chi connectivity index (χ3v) is 3.40. The Morgan fingerprint density at radius 1 is 1.22 bits per heavy atom. The van der Waals surface area contributed by atoms with Crippen molar-refractivity contribution in [1.29, 1.82) is 0 Å². The molecule has 0 unspecified atom stereocenters. The highest BCUT2D eigenvalue weighted by Crippen LogP contribution is 2.20. The maximum absolute atomic E-state index is 4.32. The van der Waals surface area contributed by atoms with Gasteiger partial charge in [0.15, 0.2) is 0 Å². The van der Waals surface area contributed by atoms with E-state index in [4.69, 9.17) is 0 Å². The van der Waals surface area contributed by atoms with Crippen molar-refractivity contribution < 1.29 is 0 Å². The van der Waals surface area contributed by atoms with Crippen molar-refractivity contribution in [3.63, 3.8) is 0 Å². The van der Waals surface area contributed by atoms with Gasteiger partial charge in [0.05, 0.1) is 12.7 Å². The maximum Gasteiger partial charge on any atom is 0.0539 e. The van der Waals surface area contributed by atoms with Crippen LogP contribution in [0.2, 0.25) is 0 Å². The van der Waals surface area contributed by atoms with Crippen molar-refractivity contribution in [2.75, 3.05) is 0 Å². The lowest BCUT2D eigenvalue weighted by Crippen LogP contribution is -1.97. The zero-order valence-corrected chi connectivity index (χ0v) is 10.8. The molecule has 0 radical (unpaired) electrons. The van der Waals surface area contributed by atoms with Crippen molar-refractivity contribution in [3.8, 4) is 0 Å². The zero-order chi connectivity index (χ0) is 12.5. The first kappa shape index (κ1) is 11.1. The Kier molecular flexibility index (Phi) is 2.67. The molecule has 1 aromatic carbocycles. The van der Waals surface area contributed by atoms with Crippen LogP contribution in [0.25, 0.3) is 10.9 Å². The van der Waals surface area contributed by atoms with Crippen LogP contribution in [-0.2, 0) is 13.1 Å². The van der Waals surface area contributed by atoms with Crippen LogP contribution in [-0.4, -0.2) is 14.3 Å². The molecule has 0 atom stereocenters. The van der Waals surface area contributed by atoms with Crippen molar-refractivity contribution in [2.45, 2.75) is 26.9 Å². The average Bonchev–Trinajstić information content (AvgIpc) is 2.98. The number of aromatic nitrogens is 3. The first-order valence-electron chi connectivity index (χ1n) is 6.33. The van der Waals surface area contributed by atoms with Crippen LogP contribution in [0.3, 0.4) is 0 Å². The SMILES string of the molecule is CCn1cc(Cn2ccc3c(C)cccc32)cn1. The van der Waals surface area contributed by atoms with E-state index in [9.17, 15) is 0 Å². The fourth-order valence-electron chi connectivity index (χ4n) is 2.37. The van der Waals surface area contributed by atoms with E-state index in [0.29, 0.717) is 0 Å². The summed E-state index contributed by atoms with van der Waals surface area (Å²) in [6, 6.07) is 8.63. The second kappa shape index (κ2) is 4.33. The molecule has 0 fully saturated rings. The highest BCUT2D eigenvalue weighted by atomic mass is 15.3. The summed E-state index contributed by atoms with van der Waals surface area (Å²) in [7, 11) is 0. The van der Waals surface area contributed by atoms with Gasteiger partial charge in [-0.1, -0.05) is 12.1 Å². The molecule has 0 bridgehead atoms. The van der Waals surface area contributed by atoms with Crippen molar-refractivity contribution in [2.24, 2.45) is 0 Å². The van der Waals surface area contributed by atoms with Crippen molar-refractivity contribution in [1.82, 2.24) is 14.3 Å². The molecule has 3 nitrogen and oxygen atoms in total. The first-order chi connectivity index (χ1) is 8.78. The highest BCUT2D eigenvalue weighted by molar-refractivity contribution is 5.83. The van der Waals surface area contributed by atoms with E-state index in [1.165, 1.54) is 22.0 Å². The predicted octanol–water partition coefficient (Wildman–Crippen LogP) is 3.21. The van der Waals surface area contributed by atoms with Crippen LogP contribution in [0, 0.1) is 6.92 Å². The molecule has 0 aliphatic heterocycles. The van der Waals surface area contributed by atoms with E-state index in [-0.39, 0.29) is 0 Å². The molecule has 0 spiro atoms. The smallest absolute Gasteiger partial charge is 0.0539 e. The molecule has 18 heavy (non-hydrogen) atoms. The molecule has 0 saturated heterocycles. The summed E-state index contributed by atoms with van der Waals surface area (Å²) in [6.07, 6.45) is 6.22. The topological polar surface area (TPSA) is 22.8 Å². The van der Waals surface area contributed by atoms with Gasteiger partial charge in [-0.05, 0) is 31.5 Å². The van der Waals surface area contributed by atoms with Crippen LogP contribution in [0.5, 0.6) is 0 Å². The minimum Gasteiger partial charge on any atom is -0.343 e. The molecule has 3 heteroatoms. The van der Waals surface area contributed by atoms with Gasteiger partial charge in [0, 0.05) is 35.4 Å². The average molecular weight is 239 g/mol. The molecule has 0 aliphatic carbocycles. The van der Waals surface area contributed by atoms with Crippen LogP contribution in [0.1, 0.15) is 18.1 Å². The Morgan fingerprint density at radius 3 is 2.89 bits per heavy atom. The van der Waals surface area contributed by atoms with Gasteiger partial charge in [-0.15, -0.1) is 0 Å². The summed E-state index contributed by atoms with van der Waals surface area (Å²) in [5, 5.41) is 5.65. The maximum atomic E-state index is 4.32. The van der Waals surface area contributed by atoms with Gasteiger partial charge >= 0.3 is 0 Å². The van der Waals surface area contributed by atoms with Gasteiger partial charge in [0.2, 0.25) is 0 Å². The predicted molar refractivity (Wildman–Crippen MR) is 73.7 cm³/mol. The fourth-order valence-corrected chi connectivity index (χ4v) is 2.37. The van der Waals surface area contributed by atoms with E-state index in [1.807, 2.05) is 10.9 Å². The second-order valence-electron chi connectivity index (χ2n) is 4.66. The van der Waals surface area contributed by atoms with Gasteiger partial charge in [0.25, 0.3) is 0 Å². The van der Waals surface area contributed by atoms with E-state index >= 15 is 0 Å². The summed E-state index contributed by atoms with van der Waals surface area (Å²) >= 11 is 0. The summed E-state index contributed by atoms with van der Waals surface area (Å²) in [5.74, 6) is 0. The Labute approximate surface area is 107 Å². The molecule has 0 N–H and O–H groups in total. The van der Waals surface area contributed by atoms with Gasteiger partial charge in [-0.3, -0.25) is 4.68 Å². The van der Waals surface area contributed by atoms with Gasteiger partial charge in [-0.25, -0.2) is 0 Å². The molecule has 2 aromatic heterocycles. The Balaban J connectivity index is 1.97. The molecule has 0 amide bonds. The van der Waals surface area contributed by atoms with E-state index in [2.05, 4.69) is 60.2 Å². The highest BCUT2D eigenvalue weighted by Gasteiger charge is 2.04. The Bertz CT molecular complexity index is 676. The quantitative estimate of drug-likeness (QED) is 0.688. The number of rotatable bonds is 3. The van der Waals surface area contributed by atoms with E-state index in [0.717, 1.165) is 13.1 Å². The largest absolute Gasteiger partial charge is 0.343 e. The Hall–Kier alpha value is -2.03. The Morgan fingerprint density at radius 2 is 2.11 bits per heavy atom. The van der Waals surface area contributed by atoms with E-state index < -0.39 is 0 Å². The molecule has 3 aromatic rings. The normalized spacial score (nSPS) is 11.2. The monoisotopic (exact) mass is 239 g/mol. The van der Waals surface area contributed by atoms with Crippen molar-refractivity contribution >= 4 is 10.9 Å². The number of aryl methyl sites for hydroxylation is 2. The van der Waals surface area contributed by atoms with Crippen LogP contribution < -0.4 is 0 Å². The lowest BCUT2D eigenvalue weighted by atomic mass is 10.1. The molecule has 2 heterocycles.